The SMILES string of the molecule is C=C(C)Cc1ccccc1[O]. The second-order valence-electron chi connectivity index (χ2n) is 2.74. The Balaban J connectivity index is 2.86. The van der Waals surface area contributed by atoms with E-state index in [1.807, 2.05) is 19.1 Å². The van der Waals surface area contributed by atoms with Gasteiger partial charge < -0.3 is 0 Å². The van der Waals surface area contributed by atoms with Gasteiger partial charge in [0.15, 0.2) is 5.75 Å². The average Bonchev–Trinajstić information content (AvgIpc) is 1.93. The minimum Gasteiger partial charge on any atom is -0.290 e. The van der Waals surface area contributed by atoms with E-state index in [9.17, 15) is 5.11 Å². The largest absolute Gasteiger partial charge is 0.290 e. The summed E-state index contributed by atoms with van der Waals surface area (Å²) in [5.41, 5.74) is 1.85. The van der Waals surface area contributed by atoms with E-state index in [4.69, 9.17) is 0 Å². The topological polar surface area (TPSA) is 19.9 Å². The van der Waals surface area contributed by atoms with Crippen LogP contribution in [-0.2, 0) is 11.5 Å². The molecular formula is C10H11O. The van der Waals surface area contributed by atoms with Gasteiger partial charge in [-0.25, -0.2) is 0 Å². The molecule has 0 aliphatic rings. The van der Waals surface area contributed by atoms with Crippen LogP contribution in [0.4, 0.5) is 0 Å². The van der Waals surface area contributed by atoms with Gasteiger partial charge >= 0.3 is 0 Å². The fourth-order valence-electron chi connectivity index (χ4n) is 0.975. The summed E-state index contributed by atoms with van der Waals surface area (Å²) in [4.78, 5) is 0. The maximum Gasteiger partial charge on any atom is 0.182 e. The van der Waals surface area contributed by atoms with E-state index in [1.54, 1.807) is 12.1 Å². The van der Waals surface area contributed by atoms with E-state index in [0.29, 0.717) is 6.42 Å². The molecule has 0 bridgehead atoms. The summed E-state index contributed by atoms with van der Waals surface area (Å²) in [7, 11) is 0. The Morgan fingerprint density at radius 1 is 1.45 bits per heavy atom. The van der Waals surface area contributed by atoms with E-state index in [-0.39, 0.29) is 5.75 Å². The van der Waals surface area contributed by atoms with Crippen molar-refractivity contribution in [2.75, 3.05) is 0 Å². The van der Waals surface area contributed by atoms with Gasteiger partial charge in [0.2, 0.25) is 0 Å². The van der Waals surface area contributed by atoms with Crippen LogP contribution in [0, 0.1) is 0 Å². The zero-order valence-corrected chi connectivity index (χ0v) is 6.63. The van der Waals surface area contributed by atoms with Gasteiger partial charge in [-0.15, -0.1) is 0 Å². The lowest BCUT2D eigenvalue weighted by molar-refractivity contribution is 0.350. The predicted molar refractivity (Wildman–Crippen MR) is 45.1 cm³/mol. The van der Waals surface area contributed by atoms with Gasteiger partial charge in [-0.3, -0.25) is 5.11 Å². The molecule has 57 valence electrons. The molecule has 1 heteroatoms. The number of benzene rings is 1. The fraction of sp³-hybridized carbons (Fsp3) is 0.200. The van der Waals surface area contributed by atoms with E-state index >= 15 is 0 Å². The molecule has 0 N–H and O–H groups in total. The number of rotatable bonds is 2. The molecule has 1 aromatic rings. The maximum atomic E-state index is 11.1. The molecule has 1 aromatic carbocycles. The maximum absolute atomic E-state index is 11.1. The third-order valence-electron chi connectivity index (χ3n) is 1.46. The van der Waals surface area contributed by atoms with Crippen molar-refractivity contribution in [1.82, 2.24) is 0 Å². The molecule has 0 aliphatic heterocycles. The van der Waals surface area contributed by atoms with Crippen molar-refractivity contribution in [3.05, 3.63) is 42.0 Å². The molecule has 1 radical (unpaired) electrons. The third kappa shape index (κ3) is 2.11. The minimum atomic E-state index is 0.107. The van der Waals surface area contributed by atoms with E-state index in [1.165, 1.54) is 0 Å². The van der Waals surface area contributed by atoms with Gasteiger partial charge in [-0.2, -0.15) is 0 Å². The van der Waals surface area contributed by atoms with Crippen molar-refractivity contribution in [1.29, 1.82) is 0 Å². The van der Waals surface area contributed by atoms with E-state index < -0.39 is 0 Å². The first-order chi connectivity index (χ1) is 5.20. The molecular weight excluding hydrogens is 136 g/mol. The Morgan fingerprint density at radius 2 is 2.09 bits per heavy atom. The molecule has 0 aliphatic carbocycles. The average molecular weight is 147 g/mol. The molecule has 0 saturated heterocycles. The van der Waals surface area contributed by atoms with Crippen LogP contribution in [0.2, 0.25) is 0 Å². The van der Waals surface area contributed by atoms with Gasteiger partial charge in [-0.05, 0) is 19.4 Å². The Labute approximate surface area is 67.0 Å². The Hall–Kier alpha value is -1.24. The summed E-state index contributed by atoms with van der Waals surface area (Å²) in [5, 5.41) is 11.1. The summed E-state index contributed by atoms with van der Waals surface area (Å²) >= 11 is 0. The first-order valence-corrected chi connectivity index (χ1v) is 3.59. The standard InChI is InChI=1S/C10H11O/c1-8(2)7-9-5-3-4-6-10(9)11/h3-6H,1,7H2,2H3. The highest BCUT2D eigenvalue weighted by Crippen LogP contribution is 2.18. The lowest BCUT2D eigenvalue weighted by Gasteiger charge is -1.99. The molecule has 11 heavy (non-hydrogen) atoms. The molecule has 0 unspecified atom stereocenters. The second kappa shape index (κ2) is 3.24. The van der Waals surface area contributed by atoms with Crippen molar-refractivity contribution in [3.8, 4) is 5.75 Å². The van der Waals surface area contributed by atoms with Gasteiger partial charge in [0.05, 0.1) is 0 Å². The zero-order chi connectivity index (χ0) is 8.27. The predicted octanol–water partition coefficient (Wildman–Crippen LogP) is 2.95. The van der Waals surface area contributed by atoms with Gasteiger partial charge in [-0.1, -0.05) is 30.4 Å². The van der Waals surface area contributed by atoms with E-state index in [2.05, 4.69) is 6.58 Å². The van der Waals surface area contributed by atoms with E-state index in [0.717, 1.165) is 11.1 Å². The minimum absolute atomic E-state index is 0.107. The van der Waals surface area contributed by atoms with Crippen molar-refractivity contribution in [2.24, 2.45) is 0 Å². The van der Waals surface area contributed by atoms with Crippen molar-refractivity contribution in [2.45, 2.75) is 13.3 Å². The summed E-state index contributed by atoms with van der Waals surface area (Å²) < 4.78 is 0. The Kier molecular flexibility index (Phi) is 2.32. The summed E-state index contributed by atoms with van der Waals surface area (Å²) in [6.45, 7) is 5.68. The first-order valence-electron chi connectivity index (χ1n) is 3.59. The number of para-hydroxylation sites is 1. The van der Waals surface area contributed by atoms with Crippen LogP contribution in [0.3, 0.4) is 0 Å². The summed E-state index contributed by atoms with van der Waals surface area (Å²) in [6.07, 6.45) is 0.694. The smallest absolute Gasteiger partial charge is 0.182 e. The van der Waals surface area contributed by atoms with Gasteiger partial charge in [0.25, 0.3) is 0 Å². The van der Waals surface area contributed by atoms with Crippen molar-refractivity contribution >= 4 is 0 Å². The van der Waals surface area contributed by atoms with Gasteiger partial charge in [0.1, 0.15) is 0 Å². The first kappa shape index (κ1) is 7.86. The monoisotopic (exact) mass is 147 g/mol. The highest BCUT2D eigenvalue weighted by molar-refractivity contribution is 5.33. The molecule has 0 atom stereocenters. The lowest BCUT2D eigenvalue weighted by Crippen LogP contribution is -1.84. The lowest BCUT2D eigenvalue weighted by atomic mass is 10.1. The van der Waals surface area contributed by atoms with Crippen LogP contribution in [0.15, 0.2) is 36.4 Å². The quantitative estimate of drug-likeness (QED) is 0.573. The number of hydrogen-bond acceptors (Lipinski definition) is 0. The van der Waals surface area contributed by atoms with Crippen LogP contribution in [0.25, 0.3) is 0 Å². The third-order valence-corrected chi connectivity index (χ3v) is 1.46. The molecule has 0 amide bonds. The molecule has 0 heterocycles. The van der Waals surface area contributed by atoms with Crippen LogP contribution >= 0.6 is 0 Å². The van der Waals surface area contributed by atoms with Crippen LogP contribution in [-0.4, -0.2) is 0 Å². The normalized spacial score (nSPS) is 9.55. The molecule has 0 saturated carbocycles. The molecule has 0 fully saturated rings. The Bertz CT molecular complexity index is 263. The van der Waals surface area contributed by atoms with Crippen molar-refractivity contribution in [3.63, 3.8) is 0 Å². The van der Waals surface area contributed by atoms with Crippen LogP contribution < -0.4 is 0 Å². The summed E-state index contributed by atoms with van der Waals surface area (Å²) in [6, 6.07) is 7.05. The Morgan fingerprint density at radius 3 is 2.64 bits per heavy atom. The molecule has 0 aromatic heterocycles. The van der Waals surface area contributed by atoms with Crippen LogP contribution in [0.5, 0.6) is 5.75 Å². The fourth-order valence-corrected chi connectivity index (χ4v) is 0.975. The molecule has 1 nitrogen and oxygen atoms in total. The summed E-state index contributed by atoms with van der Waals surface area (Å²) in [5.74, 6) is 0.107. The van der Waals surface area contributed by atoms with Gasteiger partial charge in [0, 0.05) is 5.56 Å². The highest BCUT2D eigenvalue weighted by Gasteiger charge is 1.99. The highest BCUT2D eigenvalue weighted by atomic mass is 16.3. The van der Waals surface area contributed by atoms with Crippen molar-refractivity contribution < 1.29 is 5.11 Å². The number of hydrogen-bond donors (Lipinski definition) is 0. The second-order valence-corrected chi connectivity index (χ2v) is 2.74. The molecule has 0 spiro atoms. The zero-order valence-electron chi connectivity index (χ0n) is 6.63. The van der Waals surface area contributed by atoms with Crippen LogP contribution in [0.1, 0.15) is 12.5 Å². The molecule has 1 rings (SSSR count). The number of allylic oxidation sites excluding steroid dienone is 1.